The minimum absolute atomic E-state index is 0.0587. The van der Waals surface area contributed by atoms with Gasteiger partial charge >= 0.3 is 5.97 Å². The molecule has 4 nitrogen and oxygen atoms in total. The fourth-order valence-electron chi connectivity index (χ4n) is 2.01. The van der Waals surface area contributed by atoms with Crippen LogP contribution in [0.3, 0.4) is 0 Å². The van der Waals surface area contributed by atoms with E-state index in [0.29, 0.717) is 12.8 Å². The molecule has 2 rings (SSSR count). The lowest BCUT2D eigenvalue weighted by Gasteiger charge is -2.08. The minimum Gasteiger partial charge on any atom is -0.465 e. The molecular formula is C18H18FNO3S. The van der Waals surface area contributed by atoms with Crippen molar-refractivity contribution in [3.63, 3.8) is 0 Å². The van der Waals surface area contributed by atoms with E-state index in [9.17, 15) is 14.0 Å². The molecule has 6 heteroatoms. The molecule has 0 saturated carbocycles. The quantitative estimate of drug-likeness (QED) is 0.465. The van der Waals surface area contributed by atoms with Crippen LogP contribution in [0.4, 0.5) is 10.1 Å². The van der Waals surface area contributed by atoms with Crippen LogP contribution < -0.4 is 5.32 Å². The number of ether oxygens (including phenoxy) is 1. The molecule has 1 amide bonds. The minimum atomic E-state index is -0.662. The fourth-order valence-corrected chi connectivity index (χ4v) is 2.89. The lowest BCUT2D eigenvalue weighted by atomic mass is 10.2. The fraction of sp³-hybridized carbons (Fsp3) is 0.222. The summed E-state index contributed by atoms with van der Waals surface area (Å²) in [6.45, 7) is 0. The molecule has 0 saturated heterocycles. The normalized spacial score (nSPS) is 10.2. The summed E-state index contributed by atoms with van der Waals surface area (Å²) >= 11 is 1.67. The Morgan fingerprint density at radius 2 is 1.92 bits per heavy atom. The van der Waals surface area contributed by atoms with E-state index in [1.54, 1.807) is 11.8 Å². The molecule has 0 fully saturated rings. The Labute approximate surface area is 144 Å². The maximum Gasteiger partial charge on any atom is 0.337 e. The van der Waals surface area contributed by atoms with Crippen LogP contribution in [0.25, 0.3) is 0 Å². The molecule has 2 aromatic carbocycles. The molecule has 24 heavy (non-hydrogen) atoms. The maximum atomic E-state index is 13.9. The standard InChI is InChI=1S/C18H18FNO3S/c1-23-18(22)13-9-10-16(15(19)12-13)20-17(21)8-5-11-24-14-6-3-2-4-7-14/h2-4,6-7,9-10,12H,5,8,11H2,1H3,(H,20,21). The molecule has 0 aliphatic heterocycles. The molecule has 0 atom stereocenters. The van der Waals surface area contributed by atoms with E-state index in [-0.39, 0.29) is 17.2 Å². The highest BCUT2D eigenvalue weighted by atomic mass is 32.2. The molecule has 0 radical (unpaired) electrons. The Morgan fingerprint density at radius 3 is 2.58 bits per heavy atom. The van der Waals surface area contributed by atoms with Gasteiger partial charge in [0.15, 0.2) is 0 Å². The van der Waals surface area contributed by atoms with Gasteiger partial charge in [0, 0.05) is 11.3 Å². The van der Waals surface area contributed by atoms with Crippen molar-refractivity contribution in [2.75, 3.05) is 18.2 Å². The zero-order chi connectivity index (χ0) is 17.4. The smallest absolute Gasteiger partial charge is 0.337 e. The van der Waals surface area contributed by atoms with E-state index in [0.717, 1.165) is 16.7 Å². The SMILES string of the molecule is COC(=O)c1ccc(NC(=O)CCCSc2ccccc2)c(F)c1. The lowest BCUT2D eigenvalue weighted by molar-refractivity contribution is -0.116. The molecule has 0 spiro atoms. The molecule has 2 aromatic rings. The van der Waals surface area contributed by atoms with Crippen LogP contribution >= 0.6 is 11.8 Å². The van der Waals surface area contributed by atoms with Gasteiger partial charge in [-0.1, -0.05) is 18.2 Å². The van der Waals surface area contributed by atoms with E-state index in [1.165, 1.54) is 19.2 Å². The van der Waals surface area contributed by atoms with Gasteiger partial charge < -0.3 is 10.1 Å². The Bertz CT molecular complexity index is 707. The molecule has 0 unspecified atom stereocenters. The number of nitrogens with one attached hydrogen (secondary N) is 1. The van der Waals surface area contributed by atoms with Crippen LogP contribution in [0.1, 0.15) is 23.2 Å². The highest BCUT2D eigenvalue weighted by Crippen LogP contribution is 2.19. The highest BCUT2D eigenvalue weighted by molar-refractivity contribution is 7.99. The van der Waals surface area contributed by atoms with E-state index < -0.39 is 11.8 Å². The number of halogens is 1. The first-order valence-electron chi connectivity index (χ1n) is 7.45. The second-order valence-corrected chi connectivity index (χ2v) is 6.17. The van der Waals surface area contributed by atoms with E-state index >= 15 is 0 Å². The summed E-state index contributed by atoms with van der Waals surface area (Å²) in [5.74, 6) is -0.732. The van der Waals surface area contributed by atoms with Crippen LogP contribution in [0.5, 0.6) is 0 Å². The Morgan fingerprint density at radius 1 is 1.17 bits per heavy atom. The number of carbonyl (C=O) groups is 2. The number of rotatable bonds is 7. The van der Waals surface area contributed by atoms with Gasteiger partial charge in [0.05, 0.1) is 18.4 Å². The first-order valence-corrected chi connectivity index (χ1v) is 8.44. The molecular weight excluding hydrogens is 329 g/mol. The third kappa shape index (κ3) is 5.38. The first-order chi connectivity index (χ1) is 11.6. The van der Waals surface area contributed by atoms with Gasteiger partial charge in [-0.2, -0.15) is 0 Å². The largest absolute Gasteiger partial charge is 0.465 e. The zero-order valence-corrected chi connectivity index (χ0v) is 14.1. The number of carbonyl (C=O) groups excluding carboxylic acids is 2. The molecule has 0 aromatic heterocycles. The molecule has 0 aliphatic rings. The summed E-state index contributed by atoms with van der Waals surface area (Å²) in [5, 5.41) is 2.52. The van der Waals surface area contributed by atoms with Crippen molar-refractivity contribution in [3.8, 4) is 0 Å². The Hall–Kier alpha value is -2.34. The number of benzene rings is 2. The van der Waals surface area contributed by atoms with Crippen molar-refractivity contribution in [1.82, 2.24) is 0 Å². The van der Waals surface area contributed by atoms with Crippen molar-refractivity contribution in [3.05, 3.63) is 59.9 Å². The Kier molecular flexibility index (Phi) is 6.81. The van der Waals surface area contributed by atoms with Crippen LogP contribution in [0.2, 0.25) is 0 Å². The van der Waals surface area contributed by atoms with Crippen molar-refractivity contribution in [1.29, 1.82) is 0 Å². The second kappa shape index (κ2) is 9.08. The number of hydrogen-bond acceptors (Lipinski definition) is 4. The van der Waals surface area contributed by atoms with Crippen molar-refractivity contribution in [2.45, 2.75) is 17.7 Å². The van der Waals surface area contributed by atoms with E-state index in [1.807, 2.05) is 30.3 Å². The third-order valence-corrected chi connectivity index (χ3v) is 4.32. The average Bonchev–Trinajstić information content (AvgIpc) is 2.60. The number of amides is 1. The number of hydrogen-bond donors (Lipinski definition) is 1. The van der Waals surface area contributed by atoms with E-state index in [4.69, 9.17) is 0 Å². The predicted molar refractivity (Wildman–Crippen MR) is 92.8 cm³/mol. The Balaban J connectivity index is 1.79. The summed E-state index contributed by atoms with van der Waals surface area (Å²) in [4.78, 5) is 24.3. The zero-order valence-electron chi connectivity index (χ0n) is 13.3. The van der Waals surface area contributed by atoms with Gasteiger partial charge in [-0.15, -0.1) is 11.8 Å². The van der Waals surface area contributed by atoms with Gasteiger partial charge in [-0.05, 0) is 42.5 Å². The highest BCUT2D eigenvalue weighted by Gasteiger charge is 2.11. The number of anilines is 1. The van der Waals surface area contributed by atoms with Crippen molar-refractivity contribution >= 4 is 29.3 Å². The van der Waals surface area contributed by atoms with Crippen molar-refractivity contribution < 1.29 is 18.7 Å². The summed E-state index contributed by atoms with van der Waals surface area (Å²) in [7, 11) is 1.23. The monoisotopic (exact) mass is 347 g/mol. The van der Waals surface area contributed by atoms with Gasteiger partial charge in [0.2, 0.25) is 5.91 Å². The number of methoxy groups -OCH3 is 1. The third-order valence-electron chi connectivity index (χ3n) is 3.22. The van der Waals surface area contributed by atoms with Crippen LogP contribution in [-0.2, 0) is 9.53 Å². The maximum absolute atomic E-state index is 13.9. The molecule has 0 heterocycles. The summed E-state index contributed by atoms with van der Waals surface area (Å²) in [6.07, 6.45) is 0.991. The van der Waals surface area contributed by atoms with Crippen molar-refractivity contribution in [2.24, 2.45) is 0 Å². The molecule has 0 bridgehead atoms. The molecule has 0 aliphatic carbocycles. The molecule has 126 valence electrons. The first kappa shape index (κ1) is 18.0. The number of thioether (sulfide) groups is 1. The summed E-state index contributed by atoms with van der Waals surface area (Å²) in [6, 6.07) is 13.7. The molecule has 1 N–H and O–H groups in total. The lowest BCUT2D eigenvalue weighted by Crippen LogP contribution is -2.13. The summed E-state index contributed by atoms with van der Waals surface area (Å²) < 4.78 is 18.4. The van der Waals surface area contributed by atoms with Gasteiger partial charge in [0.1, 0.15) is 5.82 Å². The summed E-state index contributed by atoms with van der Waals surface area (Å²) in [5.41, 5.74) is 0.163. The predicted octanol–water partition coefficient (Wildman–Crippen LogP) is 4.12. The van der Waals surface area contributed by atoms with E-state index in [2.05, 4.69) is 10.1 Å². The van der Waals surface area contributed by atoms with Gasteiger partial charge in [0.25, 0.3) is 0 Å². The van der Waals surface area contributed by atoms with Crippen LogP contribution in [0.15, 0.2) is 53.4 Å². The topological polar surface area (TPSA) is 55.4 Å². The van der Waals surface area contributed by atoms with Gasteiger partial charge in [-0.25, -0.2) is 9.18 Å². The average molecular weight is 347 g/mol. The second-order valence-electron chi connectivity index (χ2n) is 5.00. The van der Waals surface area contributed by atoms with Gasteiger partial charge in [-0.3, -0.25) is 4.79 Å². The number of esters is 1. The van der Waals surface area contributed by atoms with Crippen LogP contribution in [0, 0.1) is 5.82 Å². The van der Waals surface area contributed by atoms with Crippen LogP contribution in [-0.4, -0.2) is 24.7 Å².